The zero-order valence-electron chi connectivity index (χ0n) is 15.3. The first-order valence-corrected chi connectivity index (χ1v) is 8.64. The number of carbonyl (C=O) groups excluding carboxylic acids is 2. The number of amides is 2. The lowest BCUT2D eigenvalue weighted by Crippen LogP contribution is -2.28. The van der Waals surface area contributed by atoms with Gasteiger partial charge in [-0.15, -0.1) is 0 Å². The molecular formula is C19H22N4O4. The van der Waals surface area contributed by atoms with Gasteiger partial charge in [0.25, 0.3) is 11.8 Å². The monoisotopic (exact) mass is 370 g/mol. The Hall–Kier alpha value is -3.13. The van der Waals surface area contributed by atoms with Crippen molar-refractivity contribution in [3.8, 4) is 11.5 Å². The molecular weight excluding hydrogens is 348 g/mol. The van der Waals surface area contributed by atoms with Crippen molar-refractivity contribution in [2.45, 2.75) is 6.42 Å². The van der Waals surface area contributed by atoms with Gasteiger partial charge >= 0.3 is 0 Å². The Morgan fingerprint density at radius 1 is 1.07 bits per heavy atom. The first-order valence-electron chi connectivity index (χ1n) is 8.64. The molecule has 1 aliphatic rings. The van der Waals surface area contributed by atoms with Gasteiger partial charge in [-0.3, -0.25) is 9.59 Å². The van der Waals surface area contributed by atoms with E-state index in [1.54, 1.807) is 36.4 Å². The van der Waals surface area contributed by atoms with Gasteiger partial charge in [0.05, 0.1) is 0 Å². The van der Waals surface area contributed by atoms with Crippen LogP contribution in [0.3, 0.4) is 0 Å². The molecule has 0 atom stereocenters. The fraction of sp³-hybridized carbons (Fsp3) is 0.316. The molecule has 3 rings (SSSR count). The van der Waals surface area contributed by atoms with Gasteiger partial charge in [-0.05, 0) is 51.3 Å². The number of nitrogens with zero attached hydrogens (tertiary/aromatic N) is 2. The van der Waals surface area contributed by atoms with Crippen LogP contribution in [0, 0.1) is 0 Å². The van der Waals surface area contributed by atoms with Crippen molar-refractivity contribution < 1.29 is 19.1 Å². The Kier molecular flexibility index (Phi) is 5.87. The zero-order chi connectivity index (χ0) is 19.2. The molecule has 0 radical (unpaired) electrons. The first kappa shape index (κ1) is 18.7. The molecule has 0 saturated carbocycles. The van der Waals surface area contributed by atoms with Crippen LogP contribution in [-0.2, 0) is 0 Å². The maximum absolute atomic E-state index is 12.4. The molecule has 2 aromatic rings. The second-order valence-corrected chi connectivity index (χ2v) is 6.34. The van der Waals surface area contributed by atoms with E-state index in [0.717, 1.165) is 13.0 Å². The number of ether oxygens (including phenoxy) is 2. The number of rotatable bonds is 7. The molecule has 2 heterocycles. The van der Waals surface area contributed by atoms with E-state index in [1.165, 1.54) is 0 Å². The van der Waals surface area contributed by atoms with Gasteiger partial charge in [0, 0.05) is 18.3 Å². The Bertz CT molecular complexity index is 838. The summed E-state index contributed by atoms with van der Waals surface area (Å²) in [6.07, 6.45) is 0.836. The average molecular weight is 370 g/mol. The molecule has 8 nitrogen and oxygen atoms in total. The number of hydrogen-bond donors (Lipinski definition) is 2. The van der Waals surface area contributed by atoms with E-state index in [9.17, 15) is 9.59 Å². The predicted octanol–water partition coefficient (Wildman–Crippen LogP) is 1.74. The molecule has 0 saturated heterocycles. The number of carbonyl (C=O) groups is 2. The number of benzene rings is 1. The van der Waals surface area contributed by atoms with Crippen LogP contribution in [0.2, 0.25) is 0 Å². The summed E-state index contributed by atoms with van der Waals surface area (Å²) in [5.41, 5.74) is 0.927. The molecule has 1 aromatic carbocycles. The van der Waals surface area contributed by atoms with Crippen LogP contribution in [0.1, 0.15) is 27.4 Å². The molecule has 2 N–H and O–H groups in total. The third-order valence-corrected chi connectivity index (χ3v) is 3.91. The van der Waals surface area contributed by atoms with E-state index in [2.05, 4.69) is 15.6 Å². The number of fused-ring (bicyclic) bond motifs is 1. The topological polar surface area (TPSA) is 92.8 Å². The number of nitrogens with one attached hydrogen (secondary N) is 2. The third kappa shape index (κ3) is 4.95. The van der Waals surface area contributed by atoms with Crippen LogP contribution in [0.15, 0.2) is 36.4 Å². The van der Waals surface area contributed by atoms with Crippen LogP contribution in [0.4, 0.5) is 5.69 Å². The van der Waals surface area contributed by atoms with Gasteiger partial charge in [-0.2, -0.15) is 0 Å². The normalized spacial score (nSPS) is 12.1. The number of hydrogen-bond acceptors (Lipinski definition) is 6. The minimum Gasteiger partial charge on any atom is -0.454 e. The minimum atomic E-state index is -0.406. The molecule has 0 spiro atoms. The SMILES string of the molecule is CN(C)CCCNC(=O)c1cccc(C(=O)Nc2ccc3c(c2)OCO3)n1. The Morgan fingerprint density at radius 3 is 2.59 bits per heavy atom. The summed E-state index contributed by atoms with van der Waals surface area (Å²) in [6.45, 7) is 1.60. The van der Waals surface area contributed by atoms with E-state index in [4.69, 9.17) is 9.47 Å². The third-order valence-electron chi connectivity index (χ3n) is 3.91. The largest absolute Gasteiger partial charge is 0.454 e. The van der Waals surface area contributed by atoms with Crippen molar-refractivity contribution in [3.05, 3.63) is 47.8 Å². The fourth-order valence-corrected chi connectivity index (χ4v) is 2.54. The summed E-state index contributed by atoms with van der Waals surface area (Å²) in [4.78, 5) is 30.9. The highest BCUT2D eigenvalue weighted by molar-refractivity contribution is 6.04. The highest BCUT2D eigenvalue weighted by Gasteiger charge is 2.16. The average Bonchev–Trinajstić information content (AvgIpc) is 3.13. The summed E-state index contributed by atoms with van der Waals surface area (Å²) in [7, 11) is 3.96. The van der Waals surface area contributed by atoms with Crippen molar-refractivity contribution in [3.63, 3.8) is 0 Å². The van der Waals surface area contributed by atoms with Gasteiger partial charge in [0.15, 0.2) is 11.5 Å². The molecule has 8 heteroatoms. The van der Waals surface area contributed by atoms with E-state index in [1.807, 2.05) is 19.0 Å². The maximum Gasteiger partial charge on any atom is 0.274 e. The van der Waals surface area contributed by atoms with Gasteiger partial charge in [-0.25, -0.2) is 4.98 Å². The first-order chi connectivity index (χ1) is 13.0. The maximum atomic E-state index is 12.4. The summed E-state index contributed by atoms with van der Waals surface area (Å²) >= 11 is 0. The van der Waals surface area contributed by atoms with Crippen molar-refractivity contribution in [1.29, 1.82) is 0 Å². The molecule has 0 fully saturated rings. The molecule has 2 amide bonds. The second kappa shape index (κ2) is 8.50. The standard InChI is InChI=1S/C19H22N4O4/c1-23(2)10-4-9-20-18(24)14-5-3-6-15(22-14)19(25)21-13-7-8-16-17(11-13)27-12-26-16/h3,5-8,11H,4,9-10,12H2,1-2H3,(H,20,24)(H,21,25). The van der Waals surface area contributed by atoms with Gasteiger partial charge < -0.3 is 25.0 Å². The van der Waals surface area contributed by atoms with E-state index in [0.29, 0.717) is 23.7 Å². The van der Waals surface area contributed by atoms with Crippen molar-refractivity contribution in [2.75, 3.05) is 39.3 Å². The van der Waals surface area contributed by atoms with Crippen molar-refractivity contribution in [2.24, 2.45) is 0 Å². The molecule has 1 aliphatic heterocycles. The summed E-state index contributed by atoms with van der Waals surface area (Å²) in [5.74, 6) is 0.508. The summed E-state index contributed by atoms with van der Waals surface area (Å²) in [5, 5.41) is 5.55. The minimum absolute atomic E-state index is 0.161. The van der Waals surface area contributed by atoms with E-state index >= 15 is 0 Å². The Labute approximate surface area is 157 Å². The fourth-order valence-electron chi connectivity index (χ4n) is 2.54. The van der Waals surface area contributed by atoms with Crippen molar-refractivity contribution >= 4 is 17.5 Å². The van der Waals surface area contributed by atoms with Crippen LogP contribution in [0.5, 0.6) is 11.5 Å². The highest BCUT2D eigenvalue weighted by Crippen LogP contribution is 2.34. The molecule has 0 bridgehead atoms. The smallest absolute Gasteiger partial charge is 0.274 e. The lowest BCUT2D eigenvalue weighted by Gasteiger charge is -2.10. The summed E-state index contributed by atoms with van der Waals surface area (Å²) < 4.78 is 10.5. The van der Waals surface area contributed by atoms with Crippen LogP contribution >= 0.6 is 0 Å². The van der Waals surface area contributed by atoms with Crippen LogP contribution < -0.4 is 20.1 Å². The quantitative estimate of drug-likeness (QED) is 0.722. The Balaban J connectivity index is 1.60. The van der Waals surface area contributed by atoms with Gasteiger partial charge in [-0.1, -0.05) is 6.07 Å². The van der Waals surface area contributed by atoms with Gasteiger partial charge in [0.1, 0.15) is 11.4 Å². The Morgan fingerprint density at radius 2 is 1.81 bits per heavy atom. The molecule has 0 aliphatic carbocycles. The van der Waals surface area contributed by atoms with E-state index in [-0.39, 0.29) is 24.1 Å². The van der Waals surface area contributed by atoms with Crippen LogP contribution in [0.25, 0.3) is 0 Å². The number of aromatic nitrogens is 1. The van der Waals surface area contributed by atoms with Gasteiger partial charge in [0.2, 0.25) is 6.79 Å². The highest BCUT2D eigenvalue weighted by atomic mass is 16.7. The van der Waals surface area contributed by atoms with Crippen molar-refractivity contribution in [1.82, 2.24) is 15.2 Å². The second-order valence-electron chi connectivity index (χ2n) is 6.34. The summed E-state index contributed by atoms with van der Waals surface area (Å²) in [6, 6.07) is 9.90. The van der Waals surface area contributed by atoms with E-state index < -0.39 is 5.91 Å². The molecule has 142 valence electrons. The number of anilines is 1. The predicted molar refractivity (Wildman–Crippen MR) is 100 cm³/mol. The lowest BCUT2D eigenvalue weighted by molar-refractivity contribution is 0.0947. The molecule has 1 aromatic heterocycles. The molecule has 27 heavy (non-hydrogen) atoms. The lowest BCUT2D eigenvalue weighted by atomic mass is 10.2. The molecule has 0 unspecified atom stereocenters. The number of pyridine rings is 1. The zero-order valence-corrected chi connectivity index (χ0v) is 15.3. The van der Waals surface area contributed by atoms with Crippen LogP contribution in [-0.4, -0.2) is 55.7 Å².